The summed E-state index contributed by atoms with van der Waals surface area (Å²) in [4.78, 5) is 12.3. The molecule has 1 unspecified atom stereocenters. The molecule has 0 bridgehead atoms. The lowest BCUT2D eigenvalue weighted by molar-refractivity contribution is -0.137. The van der Waals surface area contributed by atoms with Crippen LogP contribution in [0, 0.1) is 0 Å². The lowest BCUT2D eigenvalue weighted by Gasteiger charge is -2.12. The molecule has 1 atom stereocenters. The highest BCUT2D eigenvalue weighted by Crippen LogP contribution is 2.30. The Morgan fingerprint density at radius 3 is 2.59 bits per heavy atom. The van der Waals surface area contributed by atoms with Gasteiger partial charge in [0.2, 0.25) is 10.0 Å². The number of rotatable bonds is 6. The molecule has 0 aromatic heterocycles. The molecule has 0 spiro atoms. The highest BCUT2D eigenvalue weighted by atomic mass is 32.2. The molecule has 0 saturated carbocycles. The topological polar surface area (TPSA) is 84.5 Å². The maximum Gasteiger partial charge on any atom is 0.416 e. The summed E-state index contributed by atoms with van der Waals surface area (Å²) in [5, 5.41) is 2.35. The standard InChI is InChI=1S/C19H19F3N2O4S/c20-19(21,22)14-5-2-6-15(11-14)24-18(25)13-4-1-8-17(10-13)29(26,27)23-12-16-7-3-9-28-16/h1-2,4-6,8,10-11,16,23H,3,7,9,12H2,(H,24,25). The number of alkyl halides is 3. The van der Waals surface area contributed by atoms with Gasteiger partial charge in [0.05, 0.1) is 16.6 Å². The van der Waals surface area contributed by atoms with Crippen LogP contribution in [-0.4, -0.2) is 33.6 Å². The molecule has 29 heavy (non-hydrogen) atoms. The van der Waals surface area contributed by atoms with E-state index in [0.29, 0.717) is 6.61 Å². The first-order valence-electron chi connectivity index (χ1n) is 8.85. The van der Waals surface area contributed by atoms with Crippen LogP contribution in [0.2, 0.25) is 0 Å². The third-order valence-electron chi connectivity index (χ3n) is 4.38. The summed E-state index contributed by atoms with van der Waals surface area (Å²) in [7, 11) is -3.86. The van der Waals surface area contributed by atoms with Crippen molar-refractivity contribution in [3.63, 3.8) is 0 Å². The van der Waals surface area contributed by atoms with Gasteiger partial charge in [0.15, 0.2) is 0 Å². The van der Waals surface area contributed by atoms with Crippen LogP contribution >= 0.6 is 0 Å². The van der Waals surface area contributed by atoms with E-state index in [0.717, 1.165) is 25.0 Å². The zero-order valence-electron chi connectivity index (χ0n) is 15.2. The third kappa shape index (κ3) is 5.55. The lowest BCUT2D eigenvalue weighted by atomic mass is 10.1. The van der Waals surface area contributed by atoms with Gasteiger partial charge in [-0.2, -0.15) is 13.2 Å². The molecule has 0 radical (unpaired) electrons. The fourth-order valence-electron chi connectivity index (χ4n) is 2.87. The first-order valence-corrected chi connectivity index (χ1v) is 10.3. The highest BCUT2D eigenvalue weighted by molar-refractivity contribution is 7.89. The van der Waals surface area contributed by atoms with E-state index < -0.39 is 27.7 Å². The predicted molar refractivity (Wildman–Crippen MR) is 100 cm³/mol. The van der Waals surface area contributed by atoms with Gasteiger partial charge in [-0.25, -0.2) is 13.1 Å². The number of carbonyl (C=O) groups excluding carboxylic acids is 1. The zero-order chi connectivity index (χ0) is 21.1. The molecule has 1 heterocycles. The second-order valence-electron chi connectivity index (χ2n) is 6.55. The quantitative estimate of drug-likeness (QED) is 0.739. The number of amides is 1. The Hall–Kier alpha value is -2.43. The molecule has 6 nitrogen and oxygen atoms in total. The van der Waals surface area contributed by atoms with Crippen molar-refractivity contribution < 1.29 is 31.1 Å². The largest absolute Gasteiger partial charge is 0.416 e. The van der Waals surface area contributed by atoms with Crippen molar-refractivity contribution in [1.82, 2.24) is 4.72 Å². The molecule has 2 N–H and O–H groups in total. The molecule has 3 rings (SSSR count). The van der Waals surface area contributed by atoms with Gasteiger partial charge in [0.25, 0.3) is 5.91 Å². The Kier molecular flexibility index (Phi) is 6.25. The smallest absolute Gasteiger partial charge is 0.377 e. The molecule has 10 heteroatoms. The first kappa shape index (κ1) is 21.3. The van der Waals surface area contributed by atoms with Gasteiger partial charge in [-0.05, 0) is 49.2 Å². The molecule has 1 saturated heterocycles. The molecule has 2 aromatic carbocycles. The Labute approximate surface area is 166 Å². The first-order chi connectivity index (χ1) is 13.6. The fraction of sp³-hybridized carbons (Fsp3) is 0.316. The molecular weight excluding hydrogens is 409 g/mol. The van der Waals surface area contributed by atoms with E-state index in [1.54, 1.807) is 0 Å². The Balaban J connectivity index is 1.72. The van der Waals surface area contributed by atoms with Gasteiger partial charge in [-0.15, -0.1) is 0 Å². The van der Waals surface area contributed by atoms with Crippen LogP contribution in [0.5, 0.6) is 0 Å². The van der Waals surface area contributed by atoms with Crippen LogP contribution in [0.3, 0.4) is 0 Å². The molecular formula is C19H19F3N2O4S. The third-order valence-corrected chi connectivity index (χ3v) is 5.80. The summed E-state index contributed by atoms with van der Waals surface area (Å²) in [5.74, 6) is -0.722. The number of hydrogen-bond donors (Lipinski definition) is 2. The van der Waals surface area contributed by atoms with Crippen molar-refractivity contribution in [3.05, 3.63) is 59.7 Å². The van der Waals surface area contributed by atoms with Gasteiger partial charge < -0.3 is 10.1 Å². The van der Waals surface area contributed by atoms with Crippen LogP contribution in [0.25, 0.3) is 0 Å². The lowest BCUT2D eigenvalue weighted by Crippen LogP contribution is -2.32. The van der Waals surface area contributed by atoms with Crippen LogP contribution in [-0.2, 0) is 20.9 Å². The van der Waals surface area contributed by atoms with Crippen molar-refractivity contribution in [3.8, 4) is 0 Å². The number of anilines is 1. The minimum Gasteiger partial charge on any atom is -0.377 e. The van der Waals surface area contributed by atoms with Gasteiger partial charge >= 0.3 is 6.18 Å². The number of halogens is 3. The molecule has 1 amide bonds. The van der Waals surface area contributed by atoms with Crippen LogP contribution < -0.4 is 10.0 Å². The van der Waals surface area contributed by atoms with Crippen molar-refractivity contribution in [2.24, 2.45) is 0 Å². The summed E-state index contributed by atoms with van der Waals surface area (Å²) in [5.41, 5.74) is -0.943. The summed E-state index contributed by atoms with van der Waals surface area (Å²) >= 11 is 0. The van der Waals surface area contributed by atoms with E-state index in [-0.39, 0.29) is 28.8 Å². The van der Waals surface area contributed by atoms with E-state index in [1.807, 2.05) is 0 Å². The molecule has 1 aliphatic rings. The number of sulfonamides is 1. The fourth-order valence-corrected chi connectivity index (χ4v) is 3.98. The van der Waals surface area contributed by atoms with Crippen molar-refractivity contribution >= 4 is 21.6 Å². The van der Waals surface area contributed by atoms with E-state index in [2.05, 4.69) is 10.0 Å². The van der Waals surface area contributed by atoms with E-state index in [4.69, 9.17) is 4.74 Å². The average Bonchev–Trinajstić information content (AvgIpc) is 3.20. The summed E-state index contributed by atoms with van der Waals surface area (Å²) in [6.07, 6.45) is -3.08. The monoisotopic (exact) mass is 428 g/mol. The summed E-state index contributed by atoms with van der Waals surface area (Å²) in [6.45, 7) is 0.723. The number of benzene rings is 2. The summed E-state index contributed by atoms with van der Waals surface area (Å²) < 4.78 is 71.1. The van der Waals surface area contributed by atoms with Crippen molar-refractivity contribution in [2.45, 2.75) is 30.0 Å². The maximum atomic E-state index is 12.8. The van der Waals surface area contributed by atoms with Crippen LogP contribution in [0.15, 0.2) is 53.4 Å². The second kappa shape index (κ2) is 8.52. The predicted octanol–water partition coefficient (Wildman–Crippen LogP) is 3.42. The van der Waals surface area contributed by atoms with Gasteiger partial charge in [-0.1, -0.05) is 12.1 Å². The van der Waals surface area contributed by atoms with Gasteiger partial charge in [0.1, 0.15) is 0 Å². The number of nitrogens with one attached hydrogen (secondary N) is 2. The Morgan fingerprint density at radius 2 is 1.90 bits per heavy atom. The van der Waals surface area contributed by atoms with E-state index in [1.165, 1.54) is 36.4 Å². The SMILES string of the molecule is O=C(Nc1cccc(C(F)(F)F)c1)c1cccc(S(=O)(=O)NCC2CCCO2)c1. The normalized spacial score (nSPS) is 17.3. The minimum atomic E-state index is -4.54. The van der Waals surface area contributed by atoms with Crippen LogP contribution in [0.4, 0.5) is 18.9 Å². The summed E-state index contributed by atoms with van der Waals surface area (Å²) in [6, 6.07) is 9.46. The Bertz CT molecular complexity index is 987. The van der Waals surface area contributed by atoms with Crippen molar-refractivity contribution in [2.75, 3.05) is 18.5 Å². The molecule has 1 fully saturated rings. The molecule has 156 valence electrons. The van der Waals surface area contributed by atoms with E-state index >= 15 is 0 Å². The number of hydrogen-bond acceptors (Lipinski definition) is 4. The highest BCUT2D eigenvalue weighted by Gasteiger charge is 2.30. The molecule has 0 aliphatic carbocycles. The average molecular weight is 428 g/mol. The zero-order valence-corrected chi connectivity index (χ0v) is 16.0. The van der Waals surface area contributed by atoms with Crippen molar-refractivity contribution in [1.29, 1.82) is 0 Å². The van der Waals surface area contributed by atoms with E-state index in [9.17, 15) is 26.4 Å². The number of ether oxygens (including phenoxy) is 1. The van der Waals surface area contributed by atoms with Gasteiger partial charge in [-0.3, -0.25) is 4.79 Å². The van der Waals surface area contributed by atoms with Crippen LogP contribution in [0.1, 0.15) is 28.8 Å². The van der Waals surface area contributed by atoms with Gasteiger partial charge in [0, 0.05) is 24.4 Å². The number of carbonyl (C=O) groups is 1. The minimum absolute atomic E-state index is 0.00223. The Morgan fingerprint density at radius 1 is 1.14 bits per heavy atom. The molecule has 2 aromatic rings. The molecule has 1 aliphatic heterocycles. The maximum absolute atomic E-state index is 12.8. The second-order valence-corrected chi connectivity index (χ2v) is 8.31.